The predicted molar refractivity (Wildman–Crippen MR) is 70.9 cm³/mol. The number of carbonyl (C=O) groups is 1. The van der Waals surface area contributed by atoms with Crippen LogP contribution in [0.3, 0.4) is 0 Å². The molecule has 1 aromatic carbocycles. The van der Waals surface area contributed by atoms with E-state index in [-0.39, 0.29) is 0 Å². The van der Waals surface area contributed by atoms with Crippen LogP contribution in [0.5, 0.6) is 0 Å². The second kappa shape index (κ2) is 5.93. The van der Waals surface area contributed by atoms with Crippen molar-refractivity contribution >= 4 is 29.3 Å². The third-order valence-corrected chi connectivity index (χ3v) is 3.50. The maximum atomic E-state index is 11.2. The van der Waals surface area contributed by atoms with Crippen LogP contribution in [0.2, 0.25) is 5.02 Å². The molecule has 1 N–H and O–H groups in total. The molecule has 0 bridgehead atoms. The Labute approximate surface area is 114 Å². The standard InChI is InChI=1S/C12H11ClN2O2S/c1-17-12(16)10-6-14-11(15-10)7-18-9-4-2-8(13)3-5-9/h2-6H,7H2,1H3,(H,14,15). The maximum absolute atomic E-state index is 11.2. The number of nitrogens with zero attached hydrogens (tertiary/aromatic N) is 1. The zero-order valence-electron chi connectivity index (χ0n) is 9.64. The number of esters is 1. The molecule has 0 saturated heterocycles. The molecule has 0 aliphatic rings. The molecular weight excluding hydrogens is 272 g/mol. The van der Waals surface area contributed by atoms with Crippen LogP contribution in [-0.4, -0.2) is 23.0 Å². The minimum atomic E-state index is -0.412. The van der Waals surface area contributed by atoms with E-state index in [1.807, 2.05) is 24.3 Å². The number of ether oxygens (including phenoxy) is 1. The summed E-state index contributed by atoms with van der Waals surface area (Å²) in [7, 11) is 1.34. The number of aromatic nitrogens is 2. The highest BCUT2D eigenvalue weighted by Crippen LogP contribution is 2.23. The first-order chi connectivity index (χ1) is 8.69. The number of thioether (sulfide) groups is 1. The normalized spacial score (nSPS) is 10.3. The van der Waals surface area contributed by atoms with Crippen LogP contribution >= 0.6 is 23.4 Å². The summed E-state index contributed by atoms with van der Waals surface area (Å²) in [5.74, 6) is 0.971. The summed E-state index contributed by atoms with van der Waals surface area (Å²) >= 11 is 7.41. The highest BCUT2D eigenvalue weighted by Gasteiger charge is 2.09. The summed E-state index contributed by atoms with van der Waals surface area (Å²) in [5.41, 5.74) is 0.365. The quantitative estimate of drug-likeness (QED) is 0.691. The molecule has 0 radical (unpaired) electrons. The van der Waals surface area contributed by atoms with Crippen LogP contribution in [0.4, 0.5) is 0 Å². The molecule has 2 aromatic rings. The largest absolute Gasteiger partial charge is 0.464 e. The van der Waals surface area contributed by atoms with Gasteiger partial charge in [0.15, 0.2) is 0 Å². The van der Waals surface area contributed by atoms with Crippen LogP contribution in [0.25, 0.3) is 0 Å². The van der Waals surface area contributed by atoms with Crippen molar-refractivity contribution in [3.8, 4) is 0 Å². The molecule has 0 spiro atoms. The van der Waals surface area contributed by atoms with Gasteiger partial charge >= 0.3 is 5.97 Å². The Kier molecular flexibility index (Phi) is 4.28. The molecule has 0 fully saturated rings. The van der Waals surface area contributed by atoms with Crippen LogP contribution in [0.15, 0.2) is 35.4 Å². The first-order valence-electron chi connectivity index (χ1n) is 5.19. The van der Waals surface area contributed by atoms with Gasteiger partial charge in [-0.2, -0.15) is 0 Å². The van der Waals surface area contributed by atoms with E-state index in [0.717, 1.165) is 10.7 Å². The number of imidazole rings is 1. The molecule has 4 nitrogen and oxygen atoms in total. The molecule has 1 heterocycles. The first kappa shape index (κ1) is 13.0. The number of aromatic amines is 1. The van der Waals surface area contributed by atoms with E-state index in [0.29, 0.717) is 16.5 Å². The second-order valence-corrected chi connectivity index (χ2v) is 4.96. The zero-order chi connectivity index (χ0) is 13.0. The van der Waals surface area contributed by atoms with E-state index in [1.54, 1.807) is 11.8 Å². The summed E-state index contributed by atoms with van der Waals surface area (Å²) < 4.78 is 4.59. The van der Waals surface area contributed by atoms with Crippen molar-refractivity contribution in [3.63, 3.8) is 0 Å². The molecule has 0 aliphatic carbocycles. The fraction of sp³-hybridized carbons (Fsp3) is 0.167. The van der Waals surface area contributed by atoms with Gasteiger partial charge < -0.3 is 9.72 Å². The van der Waals surface area contributed by atoms with E-state index in [1.165, 1.54) is 13.3 Å². The molecule has 0 amide bonds. The predicted octanol–water partition coefficient (Wildman–Crippen LogP) is 3.14. The topological polar surface area (TPSA) is 55.0 Å². The fourth-order valence-corrected chi connectivity index (χ4v) is 2.24. The van der Waals surface area contributed by atoms with E-state index >= 15 is 0 Å². The Morgan fingerprint density at radius 3 is 2.83 bits per heavy atom. The molecule has 94 valence electrons. The van der Waals surface area contributed by atoms with Crippen molar-refractivity contribution in [1.29, 1.82) is 0 Å². The van der Waals surface area contributed by atoms with Crippen LogP contribution in [0.1, 0.15) is 16.3 Å². The average Bonchev–Trinajstić information content (AvgIpc) is 2.86. The van der Waals surface area contributed by atoms with Crippen LogP contribution in [0, 0.1) is 0 Å². The molecule has 2 rings (SSSR count). The highest BCUT2D eigenvalue weighted by atomic mass is 35.5. The van der Waals surface area contributed by atoms with Crippen molar-refractivity contribution in [2.24, 2.45) is 0 Å². The first-order valence-corrected chi connectivity index (χ1v) is 6.56. The lowest BCUT2D eigenvalue weighted by Crippen LogP contribution is -2.01. The van der Waals surface area contributed by atoms with Crippen molar-refractivity contribution in [2.75, 3.05) is 7.11 Å². The number of nitrogens with one attached hydrogen (secondary N) is 1. The minimum Gasteiger partial charge on any atom is -0.464 e. The van der Waals surface area contributed by atoms with Gasteiger partial charge in [0.25, 0.3) is 0 Å². The van der Waals surface area contributed by atoms with Gasteiger partial charge in [-0.25, -0.2) is 9.78 Å². The number of hydrogen-bond acceptors (Lipinski definition) is 4. The molecular formula is C12H11ClN2O2S. The molecule has 18 heavy (non-hydrogen) atoms. The number of rotatable bonds is 4. The van der Waals surface area contributed by atoms with Crippen molar-refractivity contribution < 1.29 is 9.53 Å². The van der Waals surface area contributed by atoms with E-state index in [9.17, 15) is 4.79 Å². The monoisotopic (exact) mass is 282 g/mol. The van der Waals surface area contributed by atoms with Crippen molar-refractivity contribution in [2.45, 2.75) is 10.6 Å². The average molecular weight is 283 g/mol. The number of hydrogen-bond donors (Lipinski definition) is 1. The smallest absolute Gasteiger partial charge is 0.356 e. The van der Waals surface area contributed by atoms with E-state index in [4.69, 9.17) is 11.6 Å². The Morgan fingerprint density at radius 1 is 1.44 bits per heavy atom. The Bertz CT molecular complexity index is 539. The third kappa shape index (κ3) is 3.27. The summed E-state index contributed by atoms with van der Waals surface area (Å²) in [6.07, 6.45) is 1.48. The molecule has 0 saturated carbocycles. The summed E-state index contributed by atoms with van der Waals surface area (Å²) in [6.45, 7) is 0. The van der Waals surface area contributed by atoms with Gasteiger partial charge in [0.2, 0.25) is 0 Å². The third-order valence-electron chi connectivity index (χ3n) is 2.22. The molecule has 6 heteroatoms. The van der Waals surface area contributed by atoms with E-state index < -0.39 is 5.97 Å². The van der Waals surface area contributed by atoms with E-state index in [2.05, 4.69) is 14.7 Å². The molecule has 0 unspecified atom stereocenters. The van der Waals surface area contributed by atoms with Gasteiger partial charge in [0.05, 0.1) is 19.1 Å². The lowest BCUT2D eigenvalue weighted by atomic mass is 10.4. The number of halogens is 1. The number of benzene rings is 1. The SMILES string of the molecule is COC(=O)c1cnc(CSc2ccc(Cl)cc2)[nH]1. The lowest BCUT2D eigenvalue weighted by molar-refractivity contribution is 0.0594. The van der Waals surface area contributed by atoms with Gasteiger partial charge in [0.1, 0.15) is 11.5 Å². The molecule has 0 atom stereocenters. The van der Waals surface area contributed by atoms with Gasteiger partial charge in [-0.3, -0.25) is 0 Å². The fourth-order valence-electron chi connectivity index (χ4n) is 1.33. The van der Waals surface area contributed by atoms with Crippen molar-refractivity contribution in [3.05, 3.63) is 47.0 Å². The lowest BCUT2D eigenvalue weighted by Gasteiger charge is -1.99. The zero-order valence-corrected chi connectivity index (χ0v) is 11.2. The van der Waals surface area contributed by atoms with Crippen LogP contribution in [-0.2, 0) is 10.5 Å². The van der Waals surface area contributed by atoms with Gasteiger partial charge in [-0.05, 0) is 24.3 Å². The van der Waals surface area contributed by atoms with Crippen molar-refractivity contribution in [1.82, 2.24) is 9.97 Å². The summed E-state index contributed by atoms with van der Waals surface area (Å²) in [5, 5.41) is 0.713. The number of H-pyrrole nitrogens is 1. The molecule has 1 aromatic heterocycles. The minimum absolute atomic E-state index is 0.365. The summed E-state index contributed by atoms with van der Waals surface area (Å²) in [6, 6.07) is 7.56. The van der Waals surface area contributed by atoms with Gasteiger partial charge in [0, 0.05) is 9.92 Å². The van der Waals surface area contributed by atoms with Gasteiger partial charge in [-0.1, -0.05) is 11.6 Å². The van der Waals surface area contributed by atoms with Gasteiger partial charge in [-0.15, -0.1) is 11.8 Å². The number of carbonyl (C=O) groups excluding carboxylic acids is 1. The maximum Gasteiger partial charge on any atom is 0.356 e. The Morgan fingerprint density at radius 2 is 2.17 bits per heavy atom. The number of methoxy groups -OCH3 is 1. The Balaban J connectivity index is 1.96. The highest BCUT2D eigenvalue weighted by molar-refractivity contribution is 7.98. The van der Waals surface area contributed by atoms with Crippen LogP contribution < -0.4 is 0 Å². The molecule has 0 aliphatic heterocycles. The second-order valence-electron chi connectivity index (χ2n) is 3.48. The Hall–Kier alpha value is -1.46. The summed E-state index contributed by atoms with van der Waals surface area (Å²) in [4.78, 5) is 19.3.